The van der Waals surface area contributed by atoms with Gasteiger partial charge in [-0.15, -0.1) is 0 Å². The summed E-state index contributed by atoms with van der Waals surface area (Å²) in [7, 11) is 2.17. The van der Waals surface area contributed by atoms with Gasteiger partial charge in [0.15, 0.2) is 11.5 Å². The minimum atomic E-state index is -0.827. The summed E-state index contributed by atoms with van der Waals surface area (Å²) in [5.41, 5.74) is 1.37. The van der Waals surface area contributed by atoms with Gasteiger partial charge >= 0.3 is 0 Å². The molecule has 0 aromatic heterocycles. The molecule has 0 saturated carbocycles. The molecule has 160 valence electrons. The van der Waals surface area contributed by atoms with Gasteiger partial charge < -0.3 is 19.5 Å². The third kappa shape index (κ3) is 3.69. The number of rotatable bonds is 4. The fraction of sp³-hybridized carbons (Fsp3) is 0.500. The van der Waals surface area contributed by atoms with E-state index in [1.54, 1.807) is 0 Å². The van der Waals surface area contributed by atoms with E-state index in [1.165, 1.54) is 0 Å². The normalized spacial score (nSPS) is 28.0. The molecule has 0 bridgehead atoms. The van der Waals surface area contributed by atoms with Crippen LogP contribution in [0.3, 0.4) is 0 Å². The molecule has 2 atom stereocenters. The van der Waals surface area contributed by atoms with E-state index in [0.29, 0.717) is 6.79 Å². The van der Waals surface area contributed by atoms with Crippen LogP contribution in [0.25, 0.3) is 0 Å². The van der Waals surface area contributed by atoms with E-state index in [-0.39, 0.29) is 6.04 Å². The molecule has 2 saturated heterocycles. The largest absolute Gasteiger partial charge is 0.454 e. The van der Waals surface area contributed by atoms with Crippen molar-refractivity contribution in [3.63, 3.8) is 0 Å². The molecule has 3 heterocycles. The van der Waals surface area contributed by atoms with Crippen molar-refractivity contribution in [1.82, 2.24) is 14.7 Å². The molecule has 6 nitrogen and oxygen atoms in total. The monoisotopic (exact) mass is 409 g/mol. The average Bonchev–Trinajstić information content (AvgIpc) is 3.26. The summed E-state index contributed by atoms with van der Waals surface area (Å²) in [4.78, 5) is 7.31. The Balaban J connectivity index is 1.39. The number of nitrogens with zero attached hydrogens (tertiary/aromatic N) is 3. The Morgan fingerprint density at radius 2 is 1.77 bits per heavy atom. The quantitative estimate of drug-likeness (QED) is 0.835. The second-order valence-corrected chi connectivity index (χ2v) is 8.78. The summed E-state index contributed by atoms with van der Waals surface area (Å²) < 4.78 is 11.3. The molecule has 0 radical (unpaired) electrons. The third-order valence-electron chi connectivity index (χ3n) is 6.92. The topological polar surface area (TPSA) is 48.4 Å². The minimum Gasteiger partial charge on any atom is -0.454 e. The third-order valence-corrected chi connectivity index (χ3v) is 6.92. The summed E-state index contributed by atoms with van der Waals surface area (Å²) in [5.74, 6) is 1.71. The number of hydrogen-bond donors (Lipinski definition) is 1. The Morgan fingerprint density at radius 3 is 2.57 bits per heavy atom. The van der Waals surface area contributed by atoms with Crippen LogP contribution in [0.2, 0.25) is 0 Å². The van der Waals surface area contributed by atoms with Crippen LogP contribution >= 0.6 is 0 Å². The molecule has 0 aliphatic carbocycles. The van der Waals surface area contributed by atoms with Gasteiger partial charge in [0.2, 0.25) is 6.79 Å². The second-order valence-electron chi connectivity index (χ2n) is 8.78. The molecular formula is C24H31N3O3. The molecular weight excluding hydrogens is 378 g/mol. The molecule has 2 fully saturated rings. The zero-order valence-electron chi connectivity index (χ0n) is 17.7. The summed E-state index contributed by atoms with van der Waals surface area (Å²) in [5, 5.41) is 11.9. The van der Waals surface area contributed by atoms with Crippen LogP contribution < -0.4 is 9.47 Å². The Morgan fingerprint density at radius 1 is 0.967 bits per heavy atom. The fourth-order valence-corrected chi connectivity index (χ4v) is 5.10. The first-order valence-electron chi connectivity index (χ1n) is 10.9. The fourth-order valence-electron chi connectivity index (χ4n) is 5.10. The highest BCUT2D eigenvalue weighted by molar-refractivity contribution is 5.48. The van der Waals surface area contributed by atoms with Crippen molar-refractivity contribution in [1.29, 1.82) is 0 Å². The van der Waals surface area contributed by atoms with Crippen LogP contribution in [0.15, 0.2) is 48.5 Å². The average molecular weight is 410 g/mol. The Hall–Kier alpha value is -2.12. The van der Waals surface area contributed by atoms with E-state index in [4.69, 9.17) is 9.47 Å². The maximum atomic E-state index is 11.9. The van der Waals surface area contributed by atoms with Crippen molar-refractivity contribution in [3.05, 3.63) is 59.7 Å². The maximum absolute atomic E-state index is 11.9. The zero-order chi connectivity index (χ0) is 20.6. The molecule has 6 heteroatoms. The van der Waals surface area contributed by atoms with Crippen molar-refractivity contribution in [2.75, 3.05) is 53.1 Å². The molecule has 0 unspecified atom stereocenters. The summed E-state index contributed by atoms with van der Waals surface area (Å²) in [6.07, 6.45) is 0.723. The number of likely N-dealkylation sites (N-methyl/N-ethyl adjacent to an activating group) is 1. The number of piperidine rings is 1. The van der Waals surface area contributed by atoms with Gasteiger partial charge in [0.05, 0.1) is 6.04 Å². The lowest BCUT2D eigenvalue weighted by Gasteiger charge is -2.51. The first-order valence-corrected chi connectivity index (χ1v) is 10.9. The SMILES string of the molecule is CN1CCN([C@@H]2CN(Cc3cccc4c3OCO4)CC[C@]2(O)c2ccccc2)CC1. The van der Waals surface area contributed by atoms with E-state index in [1.807, 2.05) is 30.3 Å². The molecule has 2 aromatic carbocycles. The lowest BCUT2D eigenvalue weighted by atomic mass is 9.79. The van der Waals surface area contributed by atoms with E-state index in [0.717, 1.165) is 74.9 Å². The highest BCUT2D eigenvalue weighted by atomic mass is 16.7. The van der Waals surface area contributed by atoms with E-state index in [9.17, 15) is 5.11 Å². The smallest absolute Gasteiger partial charge is 0.231 e. The number of aliphatic hydroxyl groups is 1. The highest BCUT2D eigenvalue weighted by Gasteiger charge is 2.46. The Kier molecular flexibility index (Phi) is 5.41. The van der Waals surface area contributed by atoms with Gasteiger partial charge in [-0.3, -0.25) is 9.80 Å². The predicted molar refractivity (Wildman–Crippen MR) is 116 cm³/mol. The van der Waals surface area contributed by atoms with E-state index < -0.39 is 5.60 Å². The van der Waals surface area contributed by atoms with Crippen LogP contribution in [0.1, 0.15) is 17.5 Å². The van der Waals surface area contributed by atoms with Gasteiger partial charge in [0, 0.05) is 51.4 Å². The highest BCUT2D eigenvalue weighted by Crippen LogP contribution is 2.39. The lowest BCUT2D eigenvalue weighted by Crippen LogP contribution is -2.63. The van der Waals surface area contributed by atoms with Crippen molar-refractivity contribution < 1.29 is 14.6 Å². The zero-order valence-corrected chi connectivity index (χ0v) is 17.7. The number of piperazine rings is 1. The molecule has 1 N–H and O–H groups in total. The van der Waals surface area contributed by atoms with Gasteiger partial charge in [-0.2, -0.15) is 0 Å². The van der Waals surface area contributed by atoms with Crippen LogP contribution in [0, 0.1) is 0 Å². The number of benzene rings is 2. The predicted octanol–water partition coefficient (Wildman–Crippen LogP) is 2.12. The van der Waals surface area contributed by atoms with E-state index in [2.05, 4.69) is 39.9 Å². The van der Waals surface area contributed by atoms with Crippen molar-refractivity contribution in [2.45, 2.75) is 24.6 Å². The first kappa shape index (κ1) is 19.8. The summed E-state index contributed by atoms with van der Waals surface area (Å²) in [6.45, 7) is 6.84. The molecule has 5 rings (SSSR count). The Labute approximate surface area is 178 Å². The van der Waals surface area contributed by atoms with Crippen LogP contribution in [0.5, 0.6) is 11.5 Å². The van der Waals surface area contributed by atoms with Crippen LogP contribution in [-0.2, 0) is 12.1 Å². The minimum absolute atomic E-state index is 0.0660. The van der Waals surface area contributed by atoms with Gasteiger partial charge in [-0.1, -0.05) is 42.5 Å². The van der Waals surface area contributed by atoms with E-state index >= 15 is 0 Å². The molecule has 0 spiro atoms. The van der Waals surface area contributed by atoms with Crippen molar-refractivity contribution >= 4 is 0 Å². The van der Waals surface area contributed by atoms with Gasteiger partial charge in [0.25, 0.3) is 0 Å². The molecule has 2 aromatic rings. The summed E-state index contributed by atoms with van der Waals surface area (Å²) in [6, 6.07) is 16.4. The first-order chi connectivity index (χ1) is 14.6. The lowest BCUT2D eigenvalue weighted by molar-refractivity contribution is -0.108. The van der Waals surface area contributed by atoms with Gasteiger partial charge in [0.1, 0.15) is 5.60 Å². The molecule has 0 amide bonds. The van der Waals surface area contributed by atoms with Crippen molar-refractivity contribution in [3.8, 4) is 11.5 Å². The molecule has 30 heavy (non-hydrogen) atoms. The number of fused-ring (bicyclic) bond motifs is 1. The summed E-state index contributed by atoms with van der Waals surface area (Å²) >= 11 is 0. The van der Waals surface area contributed by atoms with Gasteiger partial charge in [-0.25, -0.2) is 0 Å². The van der Waals surface area contributed by atoms with Gasteiger partial charge in [-0.05, 0) is 25.1 Å². The molecule has 3 aliphatic rings. The number of hydrogen-bond acceptors (Lipinski definition) is 6. The van der Waals surface area contributed by atoms with Crippen LogP contribution in [-0.4, -0.2) is 79.0 Å². The maximum Gasteiger partial charge on any atom is 0.231 e. The Bertz CT molecular complexity index is 869. The molecule has 3 aliphatic heterocycles. The second kappa shape index (κ2) is 8.19. The standard InChI is InChI=1S/C24H31N3O3/c1-25-12-14-27(15-13-25)22-17-26(11-10-24(22,28)20-7-3-2-4-8-20)16-19-6-5-9-21-23(19)30-18-29-21/h2-9,22,28H,10-18H2,1H3/t22-,24+/m1/s1. The number of ether oxygens (including phenoxy) is 2. The number of likely N-dealkylation sites (tertiary alicyclic amines) is 1. The van der Waals surface area contributed by atoms with Crippen molar-refractivity contribution in [2.24, 2.45) is 0 Å². The number of para-hydroxylation sites is 1. The van der Waals surface area contributed by atoms with Crippen LogP contribution in [0.4, 0.5) is 0 Å².